The molecule has 0 aliphatic carbocycles. The van der Waals surface area contributed by atoms with Gasteiger partial charge in [0.05, 0.1) is 11.4 Å². The number of hydrogen-bond donors (Lipinski definition) is 0. The van der Waals surface area contributed by atoms with Crippen LogP contribution in [-0.2, 0) is 4.79 Å². The number of ether oxygens (including phenoxy) is 1. The molecule has 5 nitrogen and oxygen atoms in total. The summed E-state index contributed by atoms with van der Waals surface area (Å²) in [7, 11) is 1.73. The Morgan fingerprint density at radius 3 is 2.86 bits per heavy atom. The zero-order valence-electron chi connectivity index (χ0n) is 11.9. The van der Waals surface area contributed by atoms with E-state index in [-0.39, 0.29) is 5.91 Å². The van der Waals surface area contributed by atoms with Crippen molar-refractivity contribution in [1.29, 1.82) is 0 Å². The lowest BCUT2D eigenvalue weighted by atomic mass is 10.1. The fourth-order valence-electron chi connectivity index (χ4n) is 2.39. The molecule has 0 bridgehead atoms. The summed E-state index contributed by atoms with van der Waals surface area (Å²) >= 11 is 1.36. The largest absolute Gasteiger partial charge is 0.479 e. The molecule has 1 unspecified atom stereocenters. The molecule has 1 amide bonds. The normalized spacial score (nSPS) is 17.4. The van der Waals surface area contributed by atoms with Crippen LogP contribution in [0.25, 0.3) is 11.3 Å². The van der Waals surface area contributed by atoms with Gasteiger partial charge in [0.15, 0.2) is 17.4 Å². The highest BCUT2D eigenvalue weighted by Crippen LogP contribution is 2.37. The zero-order chi connectivity index (χ0) is 15.1. The van der Waals surface area contributed by atoms with Crippen molar-refractivity contribution in [3.05, 3.63) is 28.1 Å². The number of carbonyl (C=O) groups excluding carboxylic acids is 2. The van der Waals surface area contributed by atoms with Crippen molar-refractivity contribution in [3.8, 4) is 17.0 Å². The number of nitrogens with zero attached hydrogens (tertiary/aromatic N) is 2. The molecule has 21 heavy (non-hydrogen) atoms. The number of carbonyl (C=O) groups is 2. The first-order chi connectivity index (χ1) is 10.0. The third kappa shape index (κ3) is 2.21. The lowest BCUT2D eigenvalue weighted by molar-refractivity contribution is -0.125. The smallest absolute Gasteiger partial charge is 0.267 e. The van der Waals surface area contributed by atoms with Gasteiger partial charge < -0.3 is 9.64 Å². The summed E-state index contributed by atoms with van der Waals surface area (Å²) < 4.78 is 5.60. The SMILES string of the molecule is Cc1sc(C=O)nc1-c1ccc2c(c1)N(C)C(=O)C(C)O2. The van der Waals surface area contributed by atoms with E-state index in [1.807, 2.05) is 25.1 Å². The average Bonchev–Trinajstić information content (AvgIpc) is 2.86. The molecule has 108 valence electrons. The standard InChI is InChI=1S/C15H14N2O3S/c1-8-15(19)17(3)11-6-10(4-5-12(11)20-8)14-9(2)21-13(7-18)16-14/h4-8H,1-3H3. The van der Waals surface area contributed by atoms with Crippen LogP contribution in [0.3, 0.4) is 0 Å². The van der Waals surface area contributed by atoms with Crippen LogP contribution < -0.4 is 9.64 Å². The number of fused-ring (bicyclic) bond motifs is 1. The molecule has 2 aromatic rings. The third-order valence-corrected chi connectivity index (χ3v) is 4.39. The number of aldehydes is 1. The van der Waals surface area contributed by atoms with Crippen molar-refractivity contribution in [2.24, 2.45) is 0 Å². The second-order valence-corrected chi connectivity index (χ2v) is 6.15. The maximum absolute atomic E-state index is 12.0. The van der Waals surface area contributed by atoms with Gasteiger partial charge in [0.2, 0.25) is 0 Å². The minimum Gasteiger partial charge on any atom is -0.479 e. The van der Waals surface area contributed by atoms with Gasteiger partial charge in [0.1, 0.15) is 5.75 Å². The second kappa shape index (κ2) is 4.96. The number of thiazole rings is 1. The minimum atomic E-state index is -0.476. The number of amides is 1. The molecule has 0 N–H and O–H groups in total. The molecule has 1 atom stereocenters. The first-order valence-electron chi connectivity index (χ1n) is 6.52. The summed E-state index contributed by atoms with van der Waals surface area (Å²) in [4.78, 5) is 29.7. The first-order valence-corrected chi connectivity index (χ1v) is 7.34. The van der Waals surface area contributed by atoms with E-state index in [4.69, 9.17) is 4.74 Å². The van der Waals surface area contributed by atoms with Crippen molar-refractivity contribution in [3.63, 3.8) is 0 Å². The van der Waals surface area contributed by atoms with E-state index >= 15 is 0 Å². The lowest BCUT2D eigenvalue weighted by Crippen LogP contribution is -2.41. The fraction of sp³-hybridized carbons (Fsp3) is 0.267. The molecule has 0 radical (unpaired) electrons. The van der Waals surface area contributed by atoms with Crippen molar-refractivity contribution in [2.45, 2.75) is 20.0 Å². The van der Waals surface area contributed by atoms with E-state index in [1.54, 1.807) is 18.9 Å². The molecule has 1 aromatic heterocycles. The van der Waals surface area contributed by atoms with Crippen LogP contribution in [0.4, 0.5) is 5.69 Å². The molecule has 1 aromatic carbocycles. The van der Waals surface area contributed by atoms with Crippen LogP contribution in [0.15, 0.2) is 18.2 Å². The fourth-order valence-corrected chi connectivity index (χ4v) is 3.15. The molecule has 1 aliphatic rings. The van der Waals surface area contributed by atoms with Crippen LogP contribution in [0.2, 0.25) is 0 Å². The quantitative estimate of drug-likeness (QED) is 0.800. The molecule has 0 saturated carbocycles. The monoisotopic (exact) mass is 302 g/mol. The third-order valence-electron chi connectivity index (χ3n) is 3.49. The summed E-state index contributed by atoms with van der Waals surface area (Å²) in [6, 6.07) is 5.60. The second-order valence-electron chi connectivity index (χ2n) is 4.91. The van der Waals surface area contributed by atoms with Gasteiger partial charge in [-0.25, -0.2) is 4.98 Å². The van der Waals surface area contributed by atoms with Crippen LogP contribution >= 0.6 is 11.3 Å². The Hall–Kier alpha value is -2.21. The summed E-state index contributed by atoms with van der Waals surface area (Å²) in [6.07, 6.45) is 0.274. The van der Waals surface area contributed by atoms with Gasteiger partial charge in [-0.15, -0.1) is 11.3 Å². The predicted octanol–water partition coefficient (Wildman–Crippen LogP) is 2.67. The minimum absolute atomic E-state index is 0.0803. The predicted molar refractivity (Wildman–Crippen MR) is 81.2 cm³/mol. The van der Waals surface area contributed by atoms with Crippen LogP contribution in [-0.4, -0.2) is 30.3 Å². The van der Waals surface area contributed by atoms with Crippen LogP contribution in [0.1, 0.15) is 21.6 Å². The van der Waals surface area contributed by atoms with Gasteiger partial charge in [-0.3, -0.25) is 9.59 Å². The van der Waals surface area contributed by atoms with E-state index in [2.05, 4.69) is 4.98 Å². The van der Waals surface area contributed by atoms with Gasteiger partial charge in [-0.05, 0) is 32.0 Å². The van der Waals surface area contributed by atoms with E-state index in [1.165, 1.54) is 11.3 Å². The molecule has 0 saturated heterocycles. The maximum Gasteiger partial charge on any atom is 0.267 e. The van der Waals surface area contributed by atoms with E-state index < -0.39 is 6.10 Å². The number of likely N-dealkylation sites (N-methyl/N-ethyl adjacent to an activating group) is 1. The van der Waals surface area contributed by atoms with E-state index in [0.29, 0.717) is 10.8 Å². The Kier molecular flexibility index (Phi) is 3.25. The maximum atomic E-state index is 12.0. The van der Waals surface area contributed by atoms with Crippen LogP contribution in [0.5, 0.6) is 5.75 Å². The van der Waals surface area contributed by atoms with Gasteiger partial charge in [0.25, 0.3) is 5.91 Å². The first kappa shape index (κ1) is 13.8. The van der Waals surface area contributed by atoms with Crippen LogP contribution in [0, 0.1) is 6.92 Å². The average molecular weight is 302 g/mol. The van der Waals surface area contributed by atoms with Crippen molar-refractivity contribution in [2.75, 3.05) is 11.9 Å². The summed E-state index contributed by atoms with van der Waals surface area (Å²) in [5, 5.41) is 0.453. The Morgan fingerprint density at radius 1 is 1.43 bits per heavy atom. The highest BCUT2D eigenvalue weighted by atomic mass is 32.1. The lowest BCUT2D eigenvalue weighted by Gasteiger charge is -2.30. The molecule has 2 heterocycles. The number of benzene rings is 1. The number of aromatic nitrogens is 1. The van der Waals surface area contributed by atoms with Gasteiger partial charge in [-0.1, -0.05) is 0 Å². The molecule has 0 spiro atoms. The molecular weight excluding hydrogens is 288 g/mol. The highest BCUT2D eigenvalue weighted by molar-refractivity contribution is 7.13. The number of aryl methyl sites for hydroxylation is 1. The summed E-state index contributed by atoms with van der Waals surface area (Å²) in [5.74, 6) is 0.597. The summed E-state index contributed by atoms with van der Waals surface area (Å²) in [5.41, 5.74) is 2.36. The highest BCUT2D eigenvalue weighted by Gasteiger charge is 2.29. The number of anilines is 1. The number of rotatable bonds is 2. The van der Waals surface area contributed by atoms with E-state index in [9.17, 15) is 9.59 Å². The molecule has 3 rings (SSSR count). The zero-order valence-corrected chi connectivity index (χ0v) is 12.7. The summed E-state index contributed by atoms with van der Waals surface area (Å²) in [6.45, 7) is 3.66. The van der Waals surface area contributed by atoms with Crippen molar-refractivity contribution >= 4 is 29.2 Å². The Morgan fingerprint density at radius 2 is 2.19 bits per heavy atom. The molecular formula is C15H14N2O3S. The van der Waals surface area contributed by atoms with Crippen molar-refractivity contribution < 1.29 is 14.3 Å². The van der Waals surface area contributed by atoms with Crippen molar-refractivity contribution in [1.82, 2.24) is 4.98 Å². The topological polar surface area (TPSA) is 59.5 Å². The van der Waals surface area contributed by atoms with E-state index in [0.717, 1.165) is 28.1 Å². The Bertz CT molecular complexity index is 739. The number of hydrogen-bond acceptors (Lipinski definition) is 5. The Labute approximate surface area is 126 Å². The van der Waals surface area contributed by atoms with Gasteiger partial charge in [-0.2, -0.15) is 0 Å². The Balaban J connectivity index is 2.09. The molecule has 0 fully saturated rings. The van der Waals surface area contributed by atoms with Gasteiger partial charge in [0, 0.05) is 17.5 Å². The van der Waals surface area contributed by atoms with Gasteiger partial charge >= 0.3 is 0 Å². The molecule has 1 aliphatic heterocycles. The molecule has 6 heteroatoms.